The number of hydrogen-bond acceptors (Lipinski definition) is 6. The molecule has 8 nitrogen and oxygen atoms in total. The second kappa shape index (κ2) is 11.0. The Balaban J connectivity index is 1.43. The predicted molar refractivity (Wildman–Crippen MR) is 127 cm³/mol. The first-order valence-electron chi connectivity index (χ1n) is 12.0. The smallest absolute Gasteiger partial charge is 0.240 e. The average Bonchev–Trinajstić information content (AvgIpc) is 2.90. The summed E-state index contributed by atoms with van der Waals surface area (Å²) in [6.07, 6.45) is 4.21. The minimum absolute atomic E-state index is 0.115. The van der Waals surface area contributed by atoms with E-state index in [1.807, 2.05) is 0 Å². The molecular weight excluding hydrogens is 470 g/mol. The van der Waals surface area contributed by atoms with Gasteiger partial charge in [0.25, 0.3) is 0 Å². The van der Waals surface area contributed by atoms with Gasteiger partial charge in [0.1, 0.15) is 28.6 Å². The number of carbonyl (C=O) groups is 2. The molecule has 4 rings (SSSR count). The van der Waals surface area contributed by atoms with Gasteiger partial charge in [0.15, 0.2) is 0 Å². The number of rotatable bonds is 6. The highest BCUT2D eigenvalue weighted by molar-refractivity contribution is 5.92. The van der Waals surface area contributed by atoms with Gasteiger partial charge < -0.3 is 20.1 Å². The monoisotopic (exact) mass is 498 g/mol. The van der Waals surface area contributed by atoms with Crippen LogP contribution in [0.15, 0.2) is 30.5 Å². The molecule has 1 aliphatic carbocycles. The molecule has 10 heteroatoms. The predicted octanol–water partition coefficient (Wildman–Crippen LogP) is 3.97. The van der Waals surface area contributed by atoms with E-state index in [4.69, 9.17) is 9.47 Å². The van der Waals surface area contributed by atoms with E-state index in [0.717, 1.165) is 25.1 Å². The fraction of sp³-hybridized carbons (Fsp3) is 0.462. The molecule has 2 atom stereocenters. The topological polar surface area (TPSA) is 113 Å². The van der Waals surface area contributed by atoms with Crippen LogP contribution >= 0.6 is 0 Å². The highest BCUT2D eigenvalue weighted by Gasteiger charge is 2.42. The maximum Gasteiger partial charge on any atom is 0.240 e. The zero-order valence-electron chi connectivity index (χ0n) is 20.0. The second-order valence-electron chi connectivity index (χ2n) is 9.22. The van der Waals surface area contributed by atoms with Crippen molar-refractivity contribution in [2.75, 3.05) is 25.6 Å². The Labute approximate surface area is 208 Å². The van der Waals surface area contributed by atoms with E-state index in [1.165, 1.54) is 25.3 Å². The molecule has 1 saturated carbocycles. The molecule has 2 fully saturated rings. The van der Waals surface area contributed by atoms with Crippen LogP contribution in [0, 0.1) is 34.3 Å². The summed E-state index contributed by atoms with van der Waals surface area (Å²) < 4.78 is 38.6. The van der Waals surface area contributed by atoms with Gasteiger partial charge in [-0.1, -0.05) is 6.42 Å². The highest BCUT2D eigenvalue weighted by Crippen LogP contribution is 2.34. The summed E-state index contributed by atoms with van der Waals surface area (Å²) in [6, 6.07) is 7.08. The van der Waals surface area contributed by atoms with E-state index >= 15 is 0 Å². The molecule has 1 aromatic carbocycles. The molecule has 0 radical (unpaired) electrons. The lowest BCUT2D eigenvalue weighted by Gasteiger charge is -2.34. The molecule has 2 unspecified atom stereocenters. The highest BCUT2D eigenvalue weighted by atomic mass is 19.1. The number of nitrogens with zero attached hydrogens (tertiary/aromatic N) is 2. The molecule has 2 N–H and O–H groups in total. The summed E-state index contributed by atoms with van der Waals surface area (Å²) in [4.78, 5) is 29.9. The van der Waals surface area contributed by atoms with Crippen LogP contribution in [0.4, 0.5) is 14.6 Å². The van der Waals surface area contributed by atoms with Crippen molar-refractivity contribution in [1.82, 2.24) is 10.3 Å². The van der Waals surface area contributed by atoms with Crippen LogP contribution in [0.25, 0.3) is 11.1 Å². The lowest BCUT2D eigenvalue weighted by molar-refractivity contribution is -0.134. The number of carbonyl (C=O) groups excluding carboxylic acids is 2. The number of benzene rings is 1. The van der Waals surface area contributed by atoms with Crippen molar-refractivity contribution in [2.45, 2.75) is 44.6 Å². The number of amides is 2. The molecule has 0 spiro atoms. The standard InChI is InChI=1S/C26H28F2N4O4/c1-35-22-12-17(27)5-6-19(22)20-13-23(30-14-21(20)28)32-24(33)16-3-2-4-18(11-16)31-25(34)26(15-29)7-9-36-10-8-26/h5-6,12-14,16,18H,2-4,7-11H2,1H3,(H,31,34)(H,30,32,33). The molecule has 190 valence electrons. The Morgan fingerprint density at radius 3 is 2.69 bits per heavy atom. The molecule has 36 heavy (non-hydrogen) atoms. The summed E-state index contributed by atoms with van der Waals surface area (Å²) in [6.45, 7) is 0.736. The van der Waals surface area contributed by atoms with Gasteiger partial charge in [0, 0.05) is 42.4 Å². The number of aromatic nitrogens is 1. The summed E-state index contributed by atoms with van der Waals surface area (Å²) >= 11 is 0. The van der Waals surface area contributed by atoms with Crippen LogP contribution in [0.5, 0.6) is 5.75 Å². The first-order valence-corrected chi connectivity index (χ1v) is 12.0. The Bertz CT molecular complexity index is 1180. The number of ether oxygens (including phenoxy) is 2. The number of hydrogen-bond donors (Lipinski definition) is 2. The van der Waals surface area contributed by atoms with Gasteiger partial charge in [-0.3, -0.25) is 9.59 Å². The van der Waals surface area contributed by atoms with Crippen LogP contribution in [0.3, 0.4) is 0 Å². The van der Waals surface area contributed by atoms with Gasteiger partial charge in [-0.25, -0.2) is 13.8 Å². The molecule has 2 aromatic rings. The van der Waals surface area contributed by atoms with E-state index in [1.54, 1.807) is 0 Å². The third kappa shape index (κ3) is 5.46. The van der Waals surface area contributed by atoms with Gasteiger partial charge in [-0.05, 0) is 50.3 Å². The van der Waals surface area contributed by atoms with E-state index in [2.05, 4.69) is 21.7 Å². The number of pyridine rings is 1. The van der Waals surface area contributed by atoms with Crippen LogP contribution in [-0.4, -0.2) is 43.2 Å². The van der Waals surface area contributed by atoms with Crippen molar-refractivity contribution in [3.63, 3.8) is 0 Å². The molecule has 0 bridgehead atoms. The van der Waals surface area contributed by atoms with Crippen LogP contribution in [0.2, 0.25) is 0 Å². The van der Waals surface area contributed by atoms with E-state index in [0.29, 0.717) is 44.5 Å². The minimum atomic E-state index is -1.09. The fourth-order valence-electron chi connectivity index (χ4n) is 4.82. The van der Waals surface area contributed by atoms with Crippen LogP contribution < -0.4 is 15.4 Å². The summed E-state index contributed by atoms with van der Waals surface area (Å²) in [7, 11) is 1.36. The van der Waals surface area contributed by atoms with Crippen LogP contribution in [-0.2, 0) is 14.3 Å². The molecule has 2 amide bonds. The zero-order chi connectivity index (χ0) is 25.7. The van der Waals surface area contributed by atoms with Gasteiger partial charge in [0.2, 0.25) is 11.8 Å². The minimum Gasteiger partial charge on any atom is -0.496 e. The molecule has 2 heterocycles. The quantitative estimate of drug-likeness (QED) is 0.623. The first kappa shape index (κ1) is 25.5. The summed E-state index contributed by atoms with van der Waals surface area (Å²) in [5.41, 5.74) is -0.651. The number of halogens is 2. The number of methoxy groups -OCH3 is 1. The first-order chi connectivity index (χ1) is 17.3. The Kier molecular flexibility index (Phi) is 7.79. The van der Waals surface area contributed by atoms with Gasteiger partial charge in [0.05, 0.1) is 19.4 Å². The van der Waals surface area contributed by atoms with Gasteiger partial charge >= 0.3 is 0 Å². The Morgan fingerprint density at radius 1 is 1.19 bits per heavy atom. The summed E-state index contributed by atoms with van der Waals surface area (Å²) in [5.74, 6) is -1.83. The Morgan fingerprint density at radius 2 is 1.97 bits per heavy atom. The number of anilines is 1. The molecular formula is C26H28F2N4O4. The lowest BCUT2D eigenvalue weighted by atomic mass is 9.79. The van der Waals surface area contributed by atoms with Crippen molar-refractivity contribution in [1.29, 1.82) is 5.26 Å². The van der Waals surface area contributed by atoms with Gasteiger partial charge in [-0.15, -0.1) is 0 Å². The lowest BCUT2D eigenvalue weighted by Crippen LogP contribution is -2.49. The second-order valence-corrected chi connectivity index (χ2v) is 9.22. The maximum atomic E-state index is 14.6. The van der Waals surface area contributed by atoms with Crippen molar-refractivity contribution >= 4 is 17.6 Å². The zero-order valence-corrected chi connectivity index (χ0v) is 20.0. The Hall–Kier alpha value is -3.58. The molecule has 1 aromatic heterocycles. The van der Waals surface area contributed by atoms with E-state index < -0.39 is 17.0 Å². The number of nitrogens with one attached hydrogen (secondary N) is 2. The van der Waals surface area contributed by atoms with Crippen molar-refractivity contribution in [3.8, 4) is 22.9 Å². The van der Waals surface area contributed by atoms with Crippen LogP contribution in [0.1, 0.15) is 38.5 Å². The normalized spacial score (nSPS) is 21.2. The molecule has 1 aliphatic heterocycles. The van der Waals surface area contributed by atoms with Crippen molar-refractivity contribution in [2.24, 2.45) is 11.3 Å². The van der Waals surface area contributed by atoms with E-state index in [9.17, 15) is 23.6 Å². The average molecular weight is 499 g/mol. The van der Waals surface area contributed by atoms with Crippen molar-refractivity contribution in [3.05, 3.63) is 42.1 Å². The SMILES string of the molecule is COc1cc(F)ccc1-c1cc(NC(=O)C2CCCC(NC(=O)C3(C#N)CCOCC3)C2)ncc1F. The third-order valence-corrected chi connectivity index (χ3v) is 6.94. The largest absolute Gasteiger partial charge is 0.496 e. The maximum absolute atomic E-state index is 14.6. The fourth-order valence-corrected chi connectivity index (χ4v) is 4.82. The van der Waals surface area contributed by atoms with E-state index in [-0.39, 0.29) is 40.9 Å². The molecule has 1 saturated heterocycles. The number of nitriles is 1. The van der Waals surface area contributed by atoms with Gasteiger partial charge in [-0.2, -0.15) is 5.26 Å². The molecule has 2 aliphatic rings. The van der Waals surface area contributed by atoms with Crippen molar-refractivity contribution < 1.29 is 27.8 Å². The summed E-state index contributed by atoms with van der Waals surface area (Å²) in [5, 5.41) is 15.3. The third-order valence-electron chi connectivity index (χ3n) is 6.94.